The maximum atomic E-state index is 13.1. The summed E-state index contributed by atoms with van der Waals surface area (Å²) in [5, 5.41) is 2.92. The number of piperazine rings is 1. The van der Waals surface area contributed by atoms with Gasteiger partial charge in [-0.05, 0) is 48.7 Å². The summed E-state index contributed by atoms with van der Waals surface area (Å²) in [6.45, 7) is 8.72. The molecule has 1 saturated heterocycles. The zero-order chi connectivity index (χ0) is 20.1. The van der Waals surface area contributed by atoms with Gasteiger partial charge in [0, 0.05) is 31.9 Å². The molecule has 0 spiro atoms. The van der Waals surface area contributed by atoms with E-state index < -0.39 is 6.23 Å². The lowest BCUT2D eigenvalue weighted by Crippen LogP contribution is -2.54. The lowest BCUT2D eigenvalue weighted by molar-refractivity contribution is 0.150. The number of benzene rings is 2. The molecule has 3 rings (SSSR count). The predicted molar refractivity (Wildman–Crippen MR) is 109 cm³/mol. The number of carbonyl (C=O) groups excluding carboxylic acids is 1. The molecule has 0 radical (unpaired) electrons. The number of anilines is 1. The average molecular weight is 385 g/mol. The molecule has 1 atom stereocenters. The summed E-state index contributed by atoms with van der Waals surface area (Å²) in [6.07, 6.45) is -0.428. The standard InChI is InChI=1S/C22H28FN3O2/c1-16(2)20-6-4-5-7-21(20)28-17(3)24-22(27)26-14-12-25(13-15-26)19-10-8-18(23)9-11-19/h4-11,16-17H,12-15H2,1-3H3,(H,24,27). The third-order valence-corrected chi connectivity index (χ3v) is 4.93. The molecule has 2 amide bonds. The van der Waals surface area contributed by atoms with Crippen LogP contribution in [0.3, 0.4) is 0 Å². The molecule has 0 saturated carbocycles. The number of hydrogen-bond acceptors (Lipinski definition) is 3. The van der Waals surface area contributed by atoms with Crippen LogP contribution in [0, 0.1) is 5.82 Å². The van der Waals surface area contributed by atoms with E-state index in [9.17, 15) is 9.18 Å². The number of halogens is 1. The molecule has 1 N–H and O–H groups in total. The van der Waals surface area contributed by atoms with Gasteiger partial charge in [-0.3, -0.25) is 0 Å². The van der Waals surface area contributed by atoms with E-state index >= 15 is 0 Å². The first kappa shape index (κ1) is 20.0. The Morgan fingerprint density at radius 1 is 1.00 bits per heavy atom. The van der Waals surface area contributed by atoms with Crippen molar-refractivity contribution in [3.63, 3.8) is 0 Å². The van der Waals surface area contributed by atoms with E-state index in [4.69, 9.17) is 4.74 Å². The maximum Gasteiger partial charge on any atom is 0.320 e. The highest BCUT2D eigenvalue weighted by molar-refractivity contribution is 5.74. The van der Waals surface area contributed by atoms with Crippen LogP contribution in [-0.2, 0) is 0 Å². The number of rotatable bonds is 5. The van der Waals surface area contributed by atoms with Crippen LogP contribution >= 0.6 is 0 Å². The third-order valence-electron chi connectivity index (χ3n) is 4.93. The maximum absolute atomic E-state index is 13.1. The molecule has 1 aliphatic rings. The summed E-state index contributed by atoms with van der Waals surface area (Å²) in [5.74, 6) is 0.903. The molecule has 28 heavy (non-hydrogen) atoms. The fourth-order valence-electron chi connectivity index (χ4n) is 3.37. The first-order valence-electron chi connectivity index (χ1n) is 9.75. The van der Waals surface area contributed by atoms with Crippen molar-refractivity contribution in [2.45, 2.75) is 32.9 Å². The van der Waals surface area contributed by atoms with E-state index in [1.807, 2.05) is 31.2 Å². The van der Waals surface area contributed by atoms with Crippen LogP contribution in [0.25, 0.3) is 0 Å². The zero-order valence-electron chi connectivity index (χ0n) is 16.7. The summed E-state index contributed by atoms with van der Waals surface area (Å²) in [5.41, 5.74) is 2.10. The zero-order valence-corrected chi connectivity index (χ0v) is 16.7. The summed E-state index contributed by atoms with van der Waals surface area (Å²) >= 11 is 0. The van der Waals surface area contributed by atoms with Gasteiger partial charge in [-0.2, -0.15) is 0 Å². The quantitative estimate of drug-likeness (QED) is 0.785. The minimum atomic E-state index is -0.428. The van der Waals surface area contributed by atoms with Crippen molar-refractivity contribution in [1.82, 2.24) is 10.2 Å². The Labute approximate surface area is 166 Å². The summed E-state index contributed by atoms with van der Waals surface area (Å²) < 4.78 is 19.0. The molecular weight excluding hydrogens is 357 g/mol. The third kappa shape index (κ3) is 4.94. The van der Waals surface area contributed by atoms with E-state index in [-0.39, 0.29) is 11.8 Å². The Hall–Kier alpha value is -2.76. The minimum Gasteiger partial charge on any atom is -0.471 e. The van der Waals surface area contributed by atoms with E-state index in [1.165, 1.54) is 12.1 Å². The van der Waals surface area contributed by atoms with Gasteiger partial charge in [0.1, 0.15) is 11.6 Å². The molecule has 150 valence electrons. The second-order valence-electron chi connectivity index (χ2n) is 7.35. The second kappa shape index (κ2) is 8.95. The number of para-hydroxylation sites is 1. The number of urea groups is 1. The fourth-order valence-corrected chi connectivity index (χ4v) is 3.37. The summed E-state index contributed by atoms with van der Waals surface area (Å²) in [4.78, 5) is 16.5. The van der Waals surface area contributed by atoms with E-state index in [0.717, 1.165) is 17.0 Å². The Kier molecular flexibility index (Phi) is 6.39. The second-order valence-corrected chi connectivity index (χ2v) is 7.35. The summed E-state index contributed by atoms with van der Waals surface area (Å²) in [7, 11) is 0. The van der Waals surface area contributed by atoms with Crippen molar-refractivity contribution in [2.24, 2.45) is 0 Å². The highest BCUT2D eigenvalue weighted by Gasteiger charge is 2.23. The molecule has 1 heterocycles. The van der Waals surface area contributed by atoms with Gasteiger partial charge in [0.2, 0.25) is 0 Å². The van der Waals surface area contributed by atoms with Crippen LogP contribution in [0.2, 0.25) is 0 Å². The van der Waals surface area contributed by atoms with Crippen molar-refractivity contribution < 1.29 is 13.9 Å². The topological polar surface area (TPSA) is 44.8 Å². The molecular formula is C22H28FN3O2. The predicted octanol–water partition coefficient (Wildman–Crippen LogP) is 4.21. The van der Waals surface area contributed by atoms with E-state index in [0.29, 0.717) is 32.1 Å². The SMILES string of the molecule is CC(NC(=O)N1CCN(c2ccc(F)cc2)CC1)Oc1ccccc1C(C)C. The number of amides is 2. The Morgan fingerprint density at radius 3 is 2.29 bits per heavy atom. The van der Waals surface area contributed by atoms with Crippen molar-refractivity contribution in [1.29, 1.82) is 0 Å². The number of ether oxygens (including phenoxy) is 1. The minimum absolute atomic E-state index is 0.131. The molecule has 0 aliphatic carbocycles. The average Bonchev–Trinajstić information content (AvgIpc) is 2.69. The Bertz CT molecular complexity index is 787. The van der Waals surface area contributed by atoms with Crippen molar-refractivity contribution >= 4 is 11.7 Å². The van der Waals surface area contributed by atoms with Gasteiger partial charge in [-0.25, -0.2) is 9.18 Å². The van der Waals surface area contributed by atoms with Gasteiger partial charge < -0.3 is 19.9 Å². The number of hydrogen-bond donors (Lipinski definition) is 1. The van der Waals surface area contributed by atoms with Crippen molar-refractivity contribution in [3.05, 3.63) is 59.9 Å². The first-order valence-corrected chi connectivity index (χ1v) is 9.75. The molecule has 2 aromatic carbocycles. The van der Waals surface area contributed by atoms with Gasteiger partial charge in [0.25, 0.3) is 0 Å². The van der Waals surface area contributed by atoms with Crippen molar-refractivity contribution in [3.8, 4) is 5.75 Å². The molecule has 5 nitrogen and oxygen atoms in total. The lowest BCUT2D eigenvalue weighted by atomic mass is 10.0. The van der Waals surface area contributed by atoms with E-state index in [2.05, 4.69) is 24.1 Å². The molecule has 2 aromatic rings. The van der Waals surface area contributed by atoms with Crippen LogP contribution in [0.4, 0.5) is 14.9 Å². The number of nitrogens with zero attached hydrogens (tertiary/aromatic N) is 2. The van der Waals surface area contributed by atoms with Gasteiger partial charge in [0.15, 0.2) is 6.23 Å². The first-order chi connectivity index (χ1) is 13.4. The van der Waals surface area contributed by atoms with Crippen LogP contribution in [0.1, 0.15) is 32.3 Å². The van der Waals surface area contributed by atoms with Crippen LogP contribution in [0.15, 0.2) is 48.5 Å². The molecule has 0 aromatic heterocycles. The molecule has 0 bridgehead atoms. The number of nitrogens with one attached hydrogen (secondary N) is 1. The smallest absolute Gasteiger partial charge is 0.320 e. The Morgan fingerprint density at radius 2 is 1.64 bits per heavy atom. The number of carbonyl (C=O) groups is 1. The molecule has 1 aliphatic heterocycles. The highest BCUT2D eigenvalue weighted by Crippen LogP contribution is 2.26. The molecule has 1 fully saturated rings. The van der Waals surface area contributed by atoms with Crippen LogP contribution in [-0.4, -0.2) is 43.3 Å². The van der Waals surface area contributed by atoms with Gasteiger partial charge >= 0.3 is 6.03 Å². The van der Waals surface area contributed by atoms with Crippen LogP contribution < -0.4 is 15.0 Å². The Balaban J connectivity index is 1.51. The van der Waals surface area contributed by atoms with Crippen LogP contribution in [0.5, 0.6) is 5.75 Å². The monoisotopic (exact) mass is 385 g/mol. The lowest BCUT2D eigenvalue weighted by Gasteiger charge is -2.36. The van der Waals surface area contributed by atoms with E-state index in [1.54, 1.807) is 17.0 Å². The van der Waals surface area contributed by atoms with Gasteiger partial charge in [0.05, 0.1) is 0 Å². The van der Waals surface area contributed by atoms with Gasteiger partial charge in [-0.1, -0.05) is 32.0 Å². The fraction of sp³-hybridized carbons (Fsp3) is 0.409. The summed E-state index contributed by atoms with van der Waals surface area (Å²) in [6, 6.07) is 14.2. The molecule has 1 unspecified atom stereocenters. The largest absolute Gasteiger partial charge is 0.471 e. The molecule has 6 heteroatoms. The highest BCUT2D eigenvalue weighted by atomic mass is 19.1. The van der Waals surface area contributed by atoms with Gasteiger partial charge in [-0.15, -0.1) is 0 Å². The van der Waals surface area contributed by atoms with Crippen molar-refractivity contribution in [2.75, 3.05) is 31.1 Å². The normalized spacial score (nSPS) is 15.5.